The molecule has 9 heteroatoms. The van der Waals surface area contributed by atoms with Crippen molar-refractivity contribution < 1.29 is 29.1 Å². The maximum absolute atomic E-state index is 12.5. The fourth-order valence-electron chi connectivity index (χ4n) is 2.82. The molecular formula is C20H17N3O6. The molecule has 29 heavy (non-hydrogen) atoms. The molecule has 0 unspecified atom stereocenters. The number of nitrogens with zero attached hydrogens (tertiary/aromatic N) is 1. The fraction of sp³-hybridized carbons (Fsp3) is 0.150. The third-order valence-electron chi connectivity index (χ3n) is 4.21. The standard InChI is InChI=1S/C20H17N3O6/c24-16(9-4-10-17(25)26)21-13-6-3-5-12(11-13)18(27)22-23-19(28)14-7-1-2-8-15(14)20(23)29/h1-3,5-8,11H,4,9-10H2,(H,21,24)(H,22,27)(H,25,26). The molecule has 0 aliphatic carbocycles. The number of aliphatic carboxylic acids is 1. The van der Waals surface area contributed by atoms with Crippen molar-refractivity contribution in [1.82, 2.24) is 10.4 Å². The molecule has 0 bridgehead atoms. The summed E-state index contributed by atoms with van der Waals surface area (Å²) in [7, 11) is 0. The van der Waals surface area contributed by atoms with Crippen molar-refractivity contribution in [3.63, 3.8) is 0 Å². The molecule has 1 aliphatic rings. The zero-order valence-corrected chi connectivity index (χ0v) is 15.2. The summed E-state index contributed by atoms with van der Waals surface area (Å²) in [6, 6.07) is 12.2. The molecule has 3 N–H and O–H groups in total. The summed E-state index contributed by atoms with van der Waals surface area (Å²) in [6.07, 6.45) is 0.106. The molecule has 0 aromatic heterocycles. The van der Waals surface area contributed by atoms with Gasteiger partial charge in [-0.1, -0.05) is 18.2 Å². The van der Waals surface area contributed by atoms with Crippen LogP contribution in [0.3, 0.4) is 0 Å². The molecule has 9 nitrogen and oxygen atoms in total. The van der Waals surface area contributed by atoms with Crippen LogP contribution in [0.5, 0.6) is 0 Å². The summed E-state index contributed by atoms with van der Waals surface area (Å²) in [5.41, 5.74) is 3.17. The fourth-order valence-corrected chi connectivity index (χ4v) is 2.82. The molecule has 2 aromatic rings. The average Bonchev–Trinajstić information content (AvgIpc) is 2.93. The lowest BCUT2D eigenvalue weighted by Crippen LogP contribution is -2.45. The Morgan fingerprint density at radius 2 is 1.55 bits per heavy atom. The molecular weight excluding hydrogens is 378 g/mol. The topological polar surface area (TPSA) is 133 Å². The van der Waals surface area contributed by atoms with Gasteiger partial charge in [0.1, 0.15) is 0 Å². The van der Waals surface area contributed by atoms with Crippen molar-refractivity contribution in [2.24, 2.45) is 0 Å². The first kappa shape index (κ1) is 19.7. The highest BCUT2D eigenvalue weighted by molar-refractivity contribution is 6.22. The molecule has 4 amide bonds. The second kappa shape index (κ2) is 8.34. The van der Waals surface area contributed by atoms with Crippen molar-refractivity contribution in [2.45, 2.75) is 19.3 Å². The Morgan fingerprint density at radius 1 is 0.897 bits per heavy atom. The van der Waals surface area contributed by atoms with E-state index in [1.54, 1.807) is 18.2 Å². The van der Waals surface area contributed by atoms with Crippen LogP contribution in [0.1, 0.15) is 50.3 Å². The molecule has 3 rings (SSSR count). The third-order valence-corrected chi connectivity index (χ3v) is 4.21. The smallest absolute Gasteiger partial charge is 0.303 e. The Morgan fingerprint density at radius 3 is 2.17 bits per heavy atom. The van der Waals surface area contributed by atoms with Crippen LogP contribution in [0.4, 0.5) is 5.69 Å². The van der Waals surface area contributed by atoms with E-state index in [0.29, 0.717) is 10.7 Å². The molecule has 0 spiro atoms. The Balaban J connectivity index is 1.64. The van der Waals surface area contributed by atoms with E-state index in [0.717, 1.165) is 0 Å². The first-order valence-corrected chi connectivity index (χ1v) is 8.77. The number of carbonyl (C=O) groups is 5. The molecule has 148 valence electrons. The molecule has 0 fully saturated rings. The second-order valence-corrected chi connectivity index (χ2v) is 6.31. The van der Waals surface area contributed by atoms with Crippen LogP contribution >= 0.6 is 0 Å². The van der Waals surface area contributed by atoms with E-state index < -0.39 is 23.7 Å². The van der Waals surface area contributed by atoms with E-state index in [9.17, 15) is 24.0 Å². The number of carboxylic acid groups (broad SMARTS) is 1. The summed E-state index contributed by atoms with van der Waals surface area (Å²) in [5.74, 6) is -3.31. The van der Waals surface area contributed by atoms with Crippen molar-refractivity contribution in [2.75, 3.05) is 5.32 Å². The number of carbonyl (C=O) groups excluding carboxylic acids is 4. The van der Waals surface area contributed by atoms with Gasteiger partial charge >= 0.3 is 5.97 Å². The SMILES string of the molecule is O=C(O)CCCC(=O)Nc1cccc(C(=O)NN2C(=O)c3ccccc3C2=O)c1. The first-order valence-electron chi connectivity index (χ1n) is 8.77. The van der Waals surface area contributed by atoms with Gasteiger partial charge in [-0.3, -0.25) is 29.4 Å². The van der Waals surface area contributed by atoms with Crippen LogP contribution in [0.25, 0.3) is 0 Å². The van der Waals surface area contributed by atoms with E-state index in [-0.39, 0.29) is 41.9 Å². The van der Waals surface area contributed by atoms with Gasteiger partial charge in [0.05, 0.1) is 11.1 Å². The molecule has 1 heterocycles. The molecule has 0 saturated carbocycles. The lowest BCUT2D eigenvalue weighted by atomic mass is 10.1. The van der Waals surface area contributed by atoms with Crippen LogP contribution in [-0.4, -0.2) is 39.7 Å². The quantitative estimate of drug-likeness (QED) is 0.613. The Labute approximate surface area is 165 Å². The van der Waals surface area contributed by atoms with Gasteiger partial charge in [-0.15, -0.1) is 0 Å². The predicted octanol–water partition coefficient (Wildman–Crippen LogP) is 1.82. The Kier molecular flexibility index (Phi) is 5.68. The molecule has 0 saturated heterocycles. The highest BCUT2D eigenvalue weighted by Gasteiger charge is 2.36. The predicted molar refractivity (Wildman–Crippen MR) is 101 cm³/mol. The van der Waals surface area contributed by atoms with Gasteiger partial charge in [0.15, 0.2) is 0 Å². The van der Waals surface area contributed by atoms with Gasteiger partial charge in [-0.25, -0.2) is 0 Å². The zero-order chi connectivity index (χ0) is 21.0. The summed E-state index contributed by atoms with van der Waals surface area (Å²) < 4.78 is 0. The second-order valence-electron chi connectivity index (χ2n) is 6.31. The van der Waals surface area contributed by atoms with Crippen LogP contribution in [0.2, 0.25) is 0 Å². The number of hydrogen-bond acceptors (Lipinski definition) is 5. The van der Waals surface area contributed by atoms with Crippen LogP contribution in [0, 0.1) is 0 Å². The molecule has 2 aromatic carbocycles. The van der Waals surface area contributed by atoms with Gasteiger partial charge in [0.2, 0.25) is 5.91 Å². The van der Waals surface area contributed by atoms with Crippen molar-refractivity contribution in [3.05, 3.63) is 65.2 Å². The summed E-state index contributed by atoms with van der Waals surface area (Å²) in [4.78, 5) is 59.5. The summed E-state index contributed by atoms with van der Waals surface area (Å²) in [6.45, 7) is 0. The van der Waals surface area contributed by atoms with Gasteiger partial charge in [-0.2, -0.15) is 5.01 Å². The largest absolute Gasteiger partial charge is 0.481 e. The first-order chi connectivity index (χ1) is 13.9. The lowest BCUT2D eigenvalue weighted by Gasteiger charge is -2.15. The number of imide groups is 1. The van der Waals surface area contributed by atoms with E-state index in [4.69, 9.17) is 5.11 Å². The maximum Gasteiger partial charge on any atom is 0.303 e. The van der Waals surface area contributed by atoms with Crippen LogP contribution in [0.15, 0.2) is 48.5 Å². The van der Waals surface area contributed by atoms with Gasteiger partial charge in [-0.05, 0) is 36.8 Å². The maximum atomic E-state index is 12.5. The Bertz CT molecular complexity index is 982. The van der Waals surface area contributed by atoms with Gasteiger partial charge in [0, 0.05) is 24.1 Å². The number of rotatable bonds is 7. The van der Waals surface area contributed by atoms with E-state index in [2.05, 4.69) is 10.7 Å². The van der Waals surface area contributed by atoms with Gasteiger partial charge < -0.3 is 10.4 Å². The third kappa shape index (κ3) is 4.46. The highest BCUT2D eigenvalue weighted by Crippen LogP contribution is 2.21. The summed E-state index contributed by atoms with van der Waals surface area (Å²) >= 11 is 0. The normalized spacial score (nSPS) is 12.5. The number of fused-ring (bicyclic) bond motifs is 1. The van der Waals surface area contributed by atoms with Crippen LogP contribution in [-0.2, 0) is 9.59 Å². The zero-order valence-electron chi connectivity index (χ0n) is 15.2. The lowest BCUT2D eigenvalue weighted by molar-refractivity contribution is -0.137. The molecule has 0 radical (unpaired) electrons. The molecule has 1 aliphatic heterocycles. The average molecular weight is 395 g/mol. The Hall–Kier alpha value is -4.01. The molecule has 0 atom stereocenters. The van der Waals surface area contributed by atoms with Crippen molar-refractivity contribution >= 4 is 35.3 Å². The number of anilines is 1. The summed E-state index contributed by atoms with van der Waals surface area (Å²) in [5, 5.41) is 11.8. The minimum Gasteiger partial charge on any atom is -0.481 e. The van der Waals surface area contributed by atoms with Crippen molar-refractivity contribution in [1.29, 1.82) is 0 Å². The van der Waals surface area contributed by atoms with Crippen molar-refractivity contribution in [3.8, 4) is 0 Å². The van der Waals surface area contributed by atoms with E-state index in [1.807, 2.05) is 0 Å². The minimum atomic E-state index is -0.982. The number of hydrogen-bond donors (Lipinski definition) is 3. The van der Waals surface area contributed by atoms with E-state index >= 15 is 0 Å². The number of nitrogens with one attached hydrogen (secondary N) is 2. The number of amides is 4. The number of benzene rings is 2. The van der Waals surface area contributed by atoms with Crippen LogP contribution < -0.4 is 10.7 Å². The highest BCUT2D eigenvalue weighted by atomic mass is 16.4. The number of hydrazine groups is 1. The minimum absolute atomic E-state index is 0.0256. The van der Waals surface area contributed by atoms with E-state index in [1.165, 1.54) is 30.3 Å². The number of carboxylic acids is 1. The van der Waals surface area contributed by atoms with Gasteiger partial charge in [0.25, 0.3) is 17.7 Å². The monoisotopic (exact) mass is 395 g/mol.